The van der Waals surface area contributed by atoms with Crippen LogP contribution in [0.25, 0.3) is 11.0 Å². The highest BCUT2D eigenvalue weighted by molar-refractivity contribution is 5.82. The molecule has 1 N–H and O–H groups in total. The summed E-state index contributed by atoms with van der Waals surface area (Å²) < 4.78 is 18.9. The normalized spacial score (nSPS) is 10.6. The summed E-state index contributed by atoms with van der Waals surface area (Å²) in [4.78, 5) is 7.10. The van der Waals surface area contributed by atoms with Crippen LogP contribution in [0.3, 0.4) is 0 Å². The molecule has 0 aliphatic carbocycles. The highest BCUT2D eigenvalue weighted by Gasteiger charge is 2.07. The smallest absolute Gasteiger partial charge is 0.166 e. The number of fused-ring (bicyclic) bond motifs is 1. The van der Waals surface area contributed by atoms with E-state index in [-0.39, 0.29) is 5.75 Å². The maximum atomic E-state index is 13.4. The third-order valence-electron chi connectivity index (χ3n) is 2.42. The molecule has 0 aliphatic rings. The van der Waals surface area contributed by atoms with Gasteiger partial charge in [-0.1, -0.05) is 6.07 Å². The van der Waals surface area contributed by atoms with E-state index in [9.17, 15) is 4.39 Å². The van der Waals surface area contributed by atoms with Crippen LogP contribution in [0.4, 0.5) is 4.39 Å². The molecular weight excluding hydrogens is 219 g/mol. The summed E-state index contributed by atoms with van der Waals surface area (Å²) in [5, 5.41) is 0.819. The van der Waals surface area contributed by atoms with Crippen molar-refractivity contribution in [3.8, 4) is 11.5 Å². The molecule has 3 aromatic rings. The second-order valence-electron chi connectivity index (χ2n) is 3.51. The topological polar surface area (TPSA) is 37.9 Å². The Hall–Kier alpha value is -2.36. The predicted octanol–water partition coefficient (Wildman–Crippen LogP) is 3.29. The Morgan fingerprint density at radius 3 is 3.06 bits per heavy atom. The van der Waals surface area contributed by atoms with Crippen LogP contribution in [0, 0.1) is 11.9 Å². The monoisotopic (exact) mass is 227 g/mol. The van der Waals surface area contributed by atoms with Crippen molar-refractivity contribution in [2.45, 2.75) is 0 Å². The van der Waals surface area contributed by atoms with E-state index in [0.29, 0.717) is 11.4 Å². The zero-order valence-corrected chi connectivity index (χ0v) is 8.77. The molecule has 0 bridgehead atoms. The van der Waals surface area contributed by atoms with Crippen molar-refractivity contribution in [1.29, 1.82) is 0 Å². The van der Waals surface area contributed by atoms with Gasteiger partial charge in [0.25, 0.3) is 0 Å². The third-order valence-corrected chi connectivity index (χ3v) is 2.42. The number of hydrogen-bond acceptors (Lipinski definition) is 2. The van der Waals surface area contributed by atoms with Crippen molar-refractivity contribution in [1.82, 2.24) is 9.97 Å². The molecule has 3 nitrogen and oxygen atoms in total. The maximum absolute atomic E-state index is 13.4. The van der Waals surface area contributed by atoms with Gasteiger partial charge >= 0.3 is 0 Å². The largest absolute Gasteiger partial charge is 0.453 e. The summed E-state index contributed by atoms with van der Waals surface area (Å²) in [7, 11) is 0. The highest BCUT2D eigenvalue weighted by atomic mass is 19.1. The van der Waals surface area contributed by atoms with Gasteiger partial charge in [0.05, 0.1) is 5.39 Å². The standard InChI is InChI=1S/C13H8FN2O/c14-10-3-1-2-4-12(10)17-11-6-8-16-13-9(11)5-7-15-13/h2-8H,(H,15,16). The molecule has 4 heteroatoms. The predicted molar refractivity (Wildman–Crippen MR) is 61.4 cm³/mol. The van der Waals surface area contributed by atoms with Crippen LogP contribution in [-0.2, 0) is 0 Å². The lowest BCUT2D eigenvalue weighted by molar-refractivity contribution is 0.446. The second-order valence-corrected chi connectivity index (χ2v) is 3.51. The van der Waals surface area contributed by atoms with Crippen LogP contribution < -0.4 is 4.74 Å². The van der Waals surface area contributed by atoms with Crippen LogP contribution in [0.5, 0.6) is 11.5 Å². The molecule has 0 spiro atoms. The van der Waals surface area contributed by atoms with Gasteiger partial charge in [-0.3, -0.25) is 0 Å². The SMILES string of the molecule is Fc1c[c]ccc1Oc1ccnc2[nH]ccc12. The number of ether oxygens (including phenoxy) is 1. The number of nitrogens with one attached hydrogen (secondary N) is 1. The van der Waals surface area contributed by atoms with Gasteiger partial charge < -0.3 is 9.72 Å². The summed E-state index contributed by atoms with van der Waals surface area (Å²) in [5.74, 6) is 0.312. The number of nitrogens with zero attached hydrogens (tertiary/aromatic N) is 1. The Morgan fingerprint density at radius 2 is 2.18 bits per heavy atom. The first-order valence-corrected chi connectivity index (χ1v) is 5.10. The summed E-state index contributed by atoms with van der Waals surface area (Å²) >= 11 is 0. The average molecular weight is 227 g/mol. The molecule has 3 rings (SSSR count). The van der Waals surface area contributed by atoms with E-state index in [2.05, 4.69) is 16.0 Å². The molecule has 0 saturated heterocycles. The first-order valence-electron chi connectivity index (χ1n) is 5.10. The zero-order valence-electron chi connectivity index (χ0n) is 8.77. The number of halogens is 1. The Bertz CT molecular complexity index is 663. The van der Waals surface area contributed by atoms with E-state index in [4.69, 9.17) is 4.74 Å². The van der Waals surface area contributed by atoms with E-state index in [1.54, 1.807) is 24.5 Å². The fourth-order valence-corrected chi connectivity index (χ4v) is 1.62. The molecule has 0 aliphatic heterocycles. The van der Waals surface area contributed by atoms with Gasteiger partial charge in [-0.15, -0.1) is 0 Å². The number of pyridine rings is 1. The number of rotatable bonds is 2. The fraction of sp³-hybridized carbons (Fsp3) is 0. The van der Waals surface area contributed by atoms with E-state index in [0.717, 1.165) is 5.39 Å². The summed E-state index contributed by atoms with van der Waals surface area (Å²) in [6.07, 6.45) is 3.38. The molecule has 0 amide bonds. The lowest BCUT2D eigenvalue weighted by Crippen LogP contribution is -1.89. The van der Waals surface area contributed by atoms with Crippen molar-refractivity contribution in [2.24, 2.45) is 0 Å². The first kappa shape index (κ1) is 9.84. The van der Waals surface area contributed by atoms with Gasteiger partial charge in [0.1, 0.15) is 11.4 Å². The van der Waals surface area contributed by atoms with Crippen LogP contribution >= 0.6 is 0 Å². The minimum atomic E-state index is -0.437. The van der Waals surface area contributed by atoms with Crippen LogP contribution in [0.15, 0.2) is 42.7 Å². The molecular formula is C13H8FN2O. The summed E-state index contributed by atoms with van der Waals surface area (Å²) in [6, 6.07) is 10.6. The Morgan fingerprint density at radius 1 is 1.24 bits per heavy atom. The average Bonchev–Trinajstić information content (AvgIpc) is 2.81. The van der Waals surface area contributed by atoms with Gasteiger partial charge in [0.15, 0.2) is 11.6 Å². The zero-order chi connectivity index (χ0) is 11.7. The quantitative estimate of drug-likeness (QED) is 0.729. The van der Waals surface area contributed by atoms with Crippen molar-refractivity contribution in [3.05, 3.63) is 54.6 Å². The van der Waals surface area contributed by atoms with Gasteiger partial charge in [-0.25, -0.2) is 9.37 Å². The van der Waals surface area contributed by atoms with Gasteiger partial charge in [0.2, 0.25) is 0 Å². The molecule has 0 unspecified atom stereocenters. The minimum Gasteiger partial charge on any atom is -0.453 e. The van der Waals surface area contributed by atoms with E-state index in [1.807, 2.05) is 6.07 Å². The number of hydrogen-bond donors (Lipinski definition) is 1. The van der Waals surface area contributed by atoms with E-state index >= 15 is 0 Å². The maximum Gasteiger partial charge on any atom is 0.166 e. The lowest BCUT2D eigenvalue weighted by Gasteiger charge is -2.06. The van der Waals surface area contributed by atoms with Gasteiger partial charge in [0, 0.05) is 12.4 Å². The van der Waals surface area contributed by atoms with Gasteiger partial charge in [-0.2, -0.15) is 0 Å². The molecule has 1 aromatic carbocycles. The van der Waals surface area contributed by atoms with E-state index in [1.165, 1.54) is 12.1 Å². The number of aromatic nitrogens is 2. The van der Waals surface area contributed by atoms with Crippen molar-refractivity contribution in [2.75, 3.05) is 0 Å². The molecule has 0 atom stereocenters. The Labute approximate surface area is 96.9 Å². The number of benzene rings is 1. The molecule has 2 aromatic heterocycles. The third kappa shape index (κ3) is 1.73. The summed E-state index contributed by atoms with van der Waals surface area (Å²) in [5.41, 5.74) is 0.713. The molecule has 0 fully saturated rings. The van der Waals surface area contributed by atoms with Crippen molar-refractivity contribution in [3.63, 3.8) is 0 Å². The molecule has 0 saturated carbocycles. The van der Waals surface area contributed by atoms with Crippen molar-refractivity contribution >= 4 is 11.0 Å². The minimum absolute atomic E-state index is 0.178. The molecule has 17 heavy (non-hydrogen) atoms. The fourth-order valence-electron chi connectivity index (χ4n) is 1.62. The molecule has 2 heterocycles. The first-order chi connectivity index (χ1) is 8.34. The highest BCUT2D eigenvalue weighted by Crippen LogP contribution is 2.29. The molecule has 83 valence electrons. The second kappa shape index (κ2) is 3.90. The van der Waals surface area contributed by atoms with Gasteiger partial charge in [-0.05, 0) is 30.3 Å². The number of aromatic amines is 1. The van der Waals surface area contributed by atoms with Crippen LogP contribution in [0.1, 0.15) is 0 Å². The van der Waals surface area contributed by atoms with Crippen LogP contribution in [-0.4, -0.2) is 9.97 Å². The molecule has 1 radical (unpaired) electrons. The lowest BCUT2D eigenvalue weighted by atomic mass is 10.3. The Balaban J connectivity index is 2.06. The Kier molecular flexibility index (Phi) is 2.26. The van der Waals surface area contributed by atoms with Crippen LogP contribution in [0.2, 0.25) is 0 Å². The summed E-state index contributed by atoms with van der Waals surface area (Å²) in [6.45, 7) is 0. The van der Waals surface area contributed by atoms with E-state index < -0.39 is 5.82 Å². The van der Waals surface area contributed by atoms with Crippen molar-refractivity contribution < 1.29 is 9.13 Å². The number of H-pyrrole nitrogens is 1.